The first-order valence-electron chi connectivity index (χ1n) is 5.11. The number of benzene rings is 1. The van der Waals surface area contributed by atoms with Crippen LogP contribution in [-0.4, -0.2) is 24.4 Å². The first kappa shape index (κ1) is 12.8. The highest BCUT2D eigenvalue weighted by Crippen LogP contribution is 2.16. The van der Waals surface area contributed by atoms with Crippen LogP contribution in [0.15, 0.2) is 35.2 Å². The molecule has 3 heteroatoms. The van der Waals surface area contributed by atoms with Crippen molar-refractivity contribution in [3.8, 4) is 0 Å². The van der Waals surface area contributed by atoms with Crippen LogP contribution in [0, 0.1) is 6.92 Å². The van der Waals surface area contributed by atoms with E-state index in [9.17, 15) is 4.79 Å². The van der Waals surface area contributed by atoms with Gasteiger partial charge in [-0.1, -0.05) is 18.2 Å². The van der Waals surface area contributed by atoms with Crippen molar-refractivity contribution in [1.82, 2.24) is 4.90 Å². The number of likely N-dealkylation sites (N-methyl/N-ethyl adjacent to an activating group) is 1. The van der Waals surface area contributed by atoms with Gasteiger partial charge in [-0.2, -0.15) is 0 Å². The maximum atomic E-state index is 12.1. The number of rotatable bonds is 3. The lowest BCUT2D eigenvalue weighted by atomic mass is 10.1. The minimum absolute atomic E-state index is 0.0106. The highest BCUT2D eigenvalue weighted by atomic mass is 32.1. The van der Waals surface area contributed by atoms with E-state index in [1.165, 1.54) is 0 Å². The Hall–Kier alpha value is -1.22. The van der Waals surface area contributed by atoms with Gasteiger partial charge in [0, 0.05) is 24.1 Å². The van der Waals surface area contributed by atoms with E-state index in [0.717, 1.165) is 16.0 Å². The van der Waals surface area contributed by atoms with Crippen LogP contribution in [0.5, 0.6) is 0 Å². The molecule has 0 aromatic heterocycles. The molecule has 0 N–H and O–H groups in total. The first-order chi connectivity index (χ1) is 7.41. The average Bonchev–Trinajstić information content (AvgIpc) is 2.19. The molecule has 86 valence electrons. The third-order valence-corrected chi connectivity index (χ3v) is 2.58. The molecule has 0 bridgehead atoms. The lowest BCUT2D eigenvalue weighted by Gasteiger charge is -2.18. The smallest absolute Gasteiger partial charge is 0.254 e. The molecule has 0 aliphatic rings. The number of aryl methyl sites for hydroxylation is 1. The van der Waals surface area contributed by atoms with E-state index in [1.807, 2.05) is 26.0 Å². The topological polar surface area (TPSA) is 20.3 Å². The molecule has 0 unspecified atom stereocenters. The number of hydrogen-bond donors (Lipinski definition) is 1. The van der Waals surface area contributed by atoms with E-state index in [4.69, 9.17) is 0 Å². The van der Waals surface area contributed by atoms with Gasteiger partial charge < -0.3 is 4.90 Å². The zero-order valence-corrected chi connectivity index (χ0v) is 10.8. The first-order valence-corrected chi connectivity index (χ1v) is 5.56. The number of hydrogen-bond acceptors (Lipinski definition) is 2. The van der Waals surface area contributed by atoms with Gasteiger partial charge in [0.25, 0.3) is 5.91 Å². The summed E-state index contributed by atoms with van der Waals surface area (Å²) >= 11 is 4.25. The van der Waals surface area contributed by atoms with Crippen molar-refractivity contribution in [3.05, 3.63) is 41.5 Å². The number of carbonyl (C=O) groups excluding carboxylic acids is 1. The summed E-state index contributed by atoms with van der Waals surface area (Å²) in [6.07, 6.45) is 0. The Bertz CT molecular complexity index is 426. The Balaban J connectivity index is 2.95. The van der Waals surface area contributed by atoms with Gasteiger partial charge in [0.15, 0.2) is 0 Å². The van der Waals surface area contributed by atoms with Gasteiger partial charge in [-0.3, -0.25) is 4.79 Å². The minimum atomic E-state index is 0.0106. The fourth-order valence-electron chi connectivity index (χ4n) is 1.52. The molecule has 1 aromatic carbocycles. The van der Waals surface area contributed by atoms with Gasteiger partial charge >= 0.3 is 0 Å². The Kier molecular flexibility index (Phi) is 4.19. The molecule has 0 fully saturated rings. The summed E-state index contributed by atoms with van der Waals surface area (Å²) in [4.78, 5) is 14.6. The predicted molar refractivity (Wildman–Crippen MR) is 70.2 cm³/mol. The van der Waals surface area contributed by atoms with Crippen molar-refractivity contribution >= 4 is 18.5 Å². The van der Waals surface area contributed by atoms with Gasteiger partial charge in [0.05, 0.1) is 0 Å². The summed E-state index contributed by atoms with van der Waals surface area (Å²) < 4.78 is 0. The molecule has 1 rings (SSSR count). The Morgan fingerprint density at radius 2 is 2.12 bits per heavy atom. The summed E-state index contributed by atoms with van der Waals surface area (Å²) in [5.41, 5.74) is 2.64. The molecule has 2 nitrogen and oxygen atoms in total. The van der Waals surface area contributed by atoms with Crippen molar-refractivity contribution in [1.29, 1.82) is 0 Å². The van der Waals surface area contributed by atoms with E-state index in [1.54, 1.807) is 18.0 Å². The molecule has 0 saturated heterocycles. The predicted octanol–water partition coefficient (Wildman–Crippen LogP) is 2.93. The van der Waals surface area contributed by atoms with Crippen LogP contribution in [0.2, 0.25) is 0 Å². The Morgan fingerprint density at radius 1 is 1.50 bits per heavy atom. The van der Waals surface area contributed by atoms with Crippen LogP contribution >= 0.6 is 12.6 Å². The normalized spacial score (nSPS) is 10.0. The molecule has 0 aliphatic carbocycles. The highest BCUT2D eigenvalue weighted by molar-refractivity contribution is 7.80. The second-order valence-electron chi connectivity index (χ2n) is 4.12. The van der Waals surface area contributed by atoms with E-state index in [-0.39, 0.29) is 5.91 Å². The van der Waals surface area contributed by atoms with Gasteiger partial charge in [0.1, 0.15) is 0 Å². The number of amides is 1. The quantitative estimate of drug-likeness (QED) is 0.631. The summed E-state index contributed by atoms with van der Waals surface area (Å²) in [6, 6.07) is 5.59. The highest BCUT2D eigenvalue weighted by Gasteiger charge is 2.13. The van der Waals surface area contributed by atoms with Crippen LogP contribution in [0.3, 0.4) is 0 Å². The van der Waals surface area contributed by atoms with Crippen molar-refractivity contribution in [2.24, 2.45) is 0 Å². The third-order valence-electron chi connectivity index (χ3n) is 2.31. The molecular formula is C13H17NOS. The van der Waals surface area contributed by atoms with Crippen LogP contribution in [-0.2, 0) is 0 Å². The molecule has 0 heterocycles. The molecule has 0 radical (unpaired) electrons. The van der Waals surface area contributed by atoms with Crippen molar-refractivity contribution < 1.29 is 4.79 Å². The molecule has 1 aromatic rings. The fourth-order valence-corrected chi connectivity index (χ4v) is 1.73. The number of carbonyl (C=O) groups is 1. The van der Waals surface area contributed by atoms with E-state index in [0.29, 0.717) is 12.1 Å². The lowest BCUT2D eigenvalue weighted by molar-refractivity contribution is 0.0806. The van der Waals surface area contributed by atoms with Crippen molar-refractivity contribution in [2.75, 3.05) is 13.6 Å². The summed E-state index contributed by atoms with van der Waals surface area (Å²) in [5, 5.41) is 0. The van der Waals surface area contributed by atoms with Crippen LogP contribution in [0.1, 0.15) is 22.8 Å². The fraction of sp³-hybridized carbons (Fsp3) is 0.308. The zero-order valence-electron chi connectivity index (χ0n) is 9.95. The maximum absolute atomic E-state index is 12.1. The third kappa shape index (κ3) is 3.14. The molecule has 16 heavy (non-hydrogen) atoms. The lowest BCUT2D eigenvalue weighted by Crippen LogP contribution is -2.28. The van der Waals surface area contributed by atoms with Gasteiger partial charge in [-0.15, -0.1) is 12.6 Å². The largest absolute Gasteiger partial charge is 0.338 e. The monoisotopic (exact) mass is 235 g/mol. The standard InChI is InChI=1S/C13H17NOS/c1-9(2)8-14(4)13(15)12-7-11(16)6-5-10(12)3/h5-7,16H,1,8H2,2-4H3. The molecule has 0 saturated carbocycles. The van der Waals surface area contributed by atoms with Gasteiger partial charge in [-0.05, 0) is 31.5 Å². The molecule has 1 amide bonds. The van der Waals surface area contributed by atoms with E-state index in [2.05, 4.69) is 19.2 Å². The Morgan fingerprint density at radius 3 is 2.69 bits per heavy atom. The Labute approximate surface area is 102 Å². The van der Waals surface area contributed by atoms with Gasteiger partial charge in [0.2, 0.25) is 0 Å². The van der Waals surface area contributed by atoms with Crippen molar-refractivity contribution in [2.45, 2.75) is 18.7 Å². The maximum Gasteiger partial charge on any atom is 0.254 e. The van der Waals surface area contributed by atoms with Crippen LogP contribution in [0.25, 0.3) is 0 Å². The summed E-state index contributed by atoms with van der Waals surface area (Å²) in [5.74, 6) is 0.0106. The summed E-state index contributed by atoms with van der Waals surface area (Å²) in [6.45, 7) is 8.21. The SMILES string of the molecule is C=C(C)CN(C)C(=O)c1cc(S)ccc1C. The zero-order chi connectivity index (χ0) is 12.3. The van der Waals surface area contributed by atoms with Crippen LogP contribution in [0.4, 0.5) is 0 Å². The minimum Gasteiger partial charge on any atom is -0.338 e. The second kappa shape index (κ2) is 5.21. The molecule has 0 spiro atoms. The number of nitrogens with zero attached hydrogens (tertiary/aromatic N) is 1. The molecular weight excluding hydrogens is 218 g/mol. The summed E-state index contributed by atoms with van der Waals surface area (Å²) in [7, 11) is 1.78. The second-order valence-corrected chi connectivity index (χ2v) is 4.63. The van der Waals surface area contributed by atoms with E-state index >= 15 is 0 Å². The van der Waals surface area contributed by atoms with Crippen LogP contribution < -0.4 is 0 Å². The molecule has 0 atom stereocenters. The van der Waals surface area contributed by atoms with Gasteiger partial charge in [-0.25, -0.2) is 0 Å². The average molecular weight is 235 g/mol. The number of thiol groups is 1. The van der Waals surface area contributed by atoms with Crippen molar-refractivity contribution in [3.63, 3.8) is 0 Å². The molecule has 0 aliphatic heterocycles. The van der Waals surface area contributed by atoms with E-state index < -0.39 is 0 Å².